The zero-order chi connectivity index (χ0) is 14.4. The Morgan fingerprint density at radius 1 is 1.20 bits per heavy atom. The highest BCUT2D eigenvalue weighted by atomic mass is 16.2. The highest BCUT2D eigenvalue weighted by Gasteiger charge is 2.23. The second-order valence-electron chi connectivity index (χ2n) is 6.66. The van der Waals surface area contributed by atoms with Crippen LogP contribution in [-0.2, 0) is 4.79 Å². The molecule has 0 aromatic carbocycles. The van der Waals surface area contributed by atoms with Gasteiger partial charge in [0.2, 0.25) is 5.91 Å². The fourth-order valence-corrected chi connectivity index (χ4v) is 3.27. The highest BCUT2D eigenvalue weighted by Crippen LogP contribution is 2.16. The normalized spacial score (nSPS) is 21.7. The Bertz CT molecular complexity index is 294. The van der Waals surface area contributed by atoms with Gasteiger partial charge in [-0.3, -0.25) is 9.69 Å². The standard InChI is InChI=1S/C16H31N3O/c1-14(2)19(12-15-6-8-17-9-7-15)13-16(20)18-10-4-3-5-11-18/h14-15,17H,3-13H2,1-2H3. The summed E-state index contributed by atoms with van der Waals surface area (Å²) in [6.07, 6.45) is 6.15. The van der Waals surface area contributed by atoms with Gasteiger partial charge in [0.1, 0.15) is 0 Å². The lowest BCUT2D eigenvalue weighted by Gasteiger charge is -2.34. The summed E-state index contributed by atoms with van der Waals surface area (Å²) in [5, 5.41) is 3.42. The molecule has 0 aliphatic carbocycles. The first-order valence-electron chi connectivity index (χ1n) is 8.39. The van der Waals surface area contributed by atoms with Gasteiger partial charge in [0.15, 0.2) is 0 Å². The number of rotatable bonds is 5. The third-order valence-corrected chi connectivity index (χ3v) is 4.73. The molecule has 1 amide bonds. The number of nitrogens with one attached hydrogen (secondary N) is 1. The third kappa shape index (κ3) is 4.74. The third-order valence-electron chi connectivity index (χ3n) is 4.73. The van der Waals surface area contributed by atoms with E-state index in [4.69, 9.17) is 0 Å². The van der Waals surface area contributed by atoms with E-state index in [1.54, 1.807) is 0 Å². The smallest absolute Gasteiger partial charge is 0.236 e. The van der Waals surface area contributed by atoms with Crippen molar-refractivity contribution >= 4 is 5.91 Å². The summed E-state index contributed by atoms with van der Waals surface area (Å²) in [6, 6.07) is 0.457. The second-order valence-corrected chi connectivity index (χ2v) is 6.66. The number of carbonyl (C=O) groups is 1. The van der Waals surface area contributed by atoms with Gasteiger partial charge in [-0.15, -0.1) is 0 Å². The number of carbonyl (C=O) groups excluding carboxylic acids is 1. The number of piperidine rings is 2. The van der Waals surface area contributed by atoms with Crippen molar-refractivity contribution in [3.8, 4) is 0 Å². The first-order chi connectivity index (χ1) is 9.66. The van der Waals surface area contributed by atoms with Gasteiger partial charge in [-0.1, -0.05) is 0 Å². The average molecular weight is 281 g/mol. The molecule has 2 aliphatic rings. The average Bonchev–Trinajstić information content (AvgIpc) is 2.48. The summed E-state index contributed by atoms with van der Waals surface area (Å²) in [5.41, 5.74) is 0. The van der Waals surface area contributed by atoms with E-state index in [9.17, 15) is 4.79 Å². The van der Waals surface area contributed by atoms with Gasteiger partial charge in [-0.05, 0) is 65.0 Å². The van der Waals surface area contributed by atoms with Crippen LogP contribution in [0.2, 0.25) is 0 Å². The van der Waals surface area contributed by atoms with Crippen LogP contribution in [0.4, 0.5) is 0 Å². The maximum absolute atomic E-state index is 12.4. The van der Waals surface area contributed by atoms with Crippen molar-refractivity contribution in [2.75, 3.05) is 39.3 Å². The monoisotopic (exact) mass is 281 g/mol. The van der Waals surface area contributed by atoms with E-state index in [0.29, 0.717) is 18.5 Å². The van der Waals surface area contributed by atoms with E-state index in [1.165, 1.54) is 32.1 Å². The second kappa shape index (κ2) is 7.99. The molecule has 0 aromatic heterocycles. The van der Waals surface area contributed by atoms with Crippen molar-refractivity contribution in [3.05, 3.63) is 0 Å². The molecule has 0 saturated carbocycles. The van der Waals surface area contributed by atoms with E-state index in [-0.39, 0.29) is 0 Å². The molecule has 2 fully saturated rings. The summed E-state index contributed by atoms with van der Waals surface area (Å²) >= 11 is 0. The maximum Gasteiger partial charge on any atom is 0.236 e. The number of nitrogens with zero attached hydrogens (tertiary/aromatic N) is 2. The maximum atomic E-state index is 12.4. The van der Waals surface area contributed by atoms with Gasteiger partial charge in [0.05, 0.1) is 6.54 Å². The molecular formula is C16H31N3O. The number of likely N-dealkylation sites (tertiary alicyclic amines) is 1. The topological polar surface area (TPSA) is 35.6 Å². The van der Waals surface area contributed by atoms with Crippen molar-refractivity contribution in [1.82, 2.24) is 15.1 Å². The Hall–Kier alpha value is -0.610. The lowest BCUT2D eigenvalue weighted by molar-refractivity contribution is -0.134. The largest absolute Gasteiger partial charge is 0.342 e. The predicted molar refractivity (Wildman–Crippen MR) is 82.7 cm³/mol. The predicted octanol–water partition coefficient (Wildman–Crippen LogP) is 1.71. The van der Waals surface area contributed by atoms with Crippen LogP contribution in [0.1, 0.15) is 46.0 Å². The van der Waals surface area contributed by atoms with Crippen LogP contribution in [0.5, 0.6) is 0 Å². The summed E-state index contributed by atoms with van der Waals surface area (Å²) in [5.74, 6) is 1.10. The van der Waals surface area contributed by atoms with Crippen LogP contribution in [-0.4, -0.2) is 61.0 Å². The fraction of sp³-hybridized carbons (Fsp3) is 0.938. The van der Waals surface area contributed by atoms with Crippen LogP contribution in [0.25, 0.3) is 0 Å². The Kier molecular flexibility index (Phi) is 6.30. The summed E-state index contributed by atoms with van der Waals surface area (Å²) in [4.78, 5) is 16.9. The molecule has 20 heavy (non-hydrogen) atoms. The Morgan fingerprint density at radius 2 is 1.85 bits per heavy atom. The van der Waals surface area contributed by atoms with Crippen LogP contribution in [0, 0.1) is 5.92 Å². The van der Waals surface area contributed by atoms with Gasteiger partial charge in [-0.2, -0.15) is 0 Å². The summed E-state index contributed by atoms with van der Waals surface area (Å²) in [6.45, 7) is 10.3. The van der Waals surface area contributed by atoms with Crippen molar-refractivity contribution in [1.29, 1.82) is 0 Å². The summed E-state index contributed by atoms with van der Waals surface area (Å²) in [7, 11) is 0. The first-order valence-corrected chi connectivity index (χ1v) is 8.39. The number of hydrogen-bond acceptors (Lipinski definition) is 3. The lowest BCUT2D eigenvalue weighted by Crippen LogP contribution is -2.47. The molecule has 0 spiro atoms. The molecule has 1 N–H and O–H groups in total. The molecule has 0 atom stereocenters. The zero-order valence-corrected chi connectivity index (χ0v) is 13.2. The Labute approximate surface area is 123 Å². The van der Waals surface area contributed by atoms with E-state index >= 15 is 0 Å². The molecular weight excluding hydrogens is 250 g/mol. The van der Waals surface area contributed by atoms with Gasteiger partial charge in [-0.25, -0.2) is 0 Å². The molecule has 0 radical (unpaired) electrons. The lowest BCUT2D eigenvalue weighted by atomic mass is 9.97. The van der Waals surface area contributed by atoms with Crippen LogP contribution < -0.4 is 5.32 Å². The Balaban J connectivity index is 1.82. The molecule has 4 nitrogen and oxygen atoms in total. The molecule has 0 aromatic rings. The molecule has 0 unspecified atom stereocenters. The van der Waals surface area contributed by atoms with Crippen molar-refractivity contribution in [3.63, 3.8) is 0 Å². The zero-order valence-electron chi connectivity index (χ0n) is 13.2. The van der Waals surface area contributed by atoms with Crippen LogP contribution >= 0.6 is 0 Å². The number of amides is 1. The molecule has 2 heterocycles. The molecule has 4 heteroatoms. The quantitative estimate of drug-likeness (QED) is 0.833. The van der Waals surface area contributed by atoms with Crippen LogP contribution in [0.3, 0.4) is 0 Å². The molecule has 2 aliphatic heterocycles. The SMILES string of the molecule is CC(C)N(CC(=O)N1CCCCC1)CC1CCNCC1. The van der Waals surface area contributed by atoms with E-state index in [2.05, 4.69) is 29.0 Å². The van der Waals surface area contributed by atoms with Crippen molar-refractivity contribution in [2.24, 2.45) is 5.92 Å². The molecule has 0 bridgehead atoms. The molecule has 2 rings (SSSR count). The highest BCUT2D eigenvalue weighted by molar-refractivity contribution is 5.78. The minimum absolute atomic E-state index is 0.340. The van der Waals surface area contributed by atoms with E-state index in [1.807, 2.05) is 0 Å². The molecule has 2 saturated heterocycles. The summed E-state index contributed by atoms with van der Waals surface area (Å²) < 4.78 is 0. The van der Waals surface area contributed by atoms with Crippen molar-refractivity contribution < 1.29 is 4.79 Å². The van der Waals surface area contributed by atoms with Gasteiger partial charge in [0, 0.05) is 25.7 Å². The minimum Gasteiger partial charge on any atom is -0.342 e. The van der Waals surface area contributed by atoms with E-state index in [0.717, 1.165) is 38.6 Å². The van der Waals surface area contributed by atoms with Gasteiger partial charge >= 0.3 is 0 Å². The van der Waals surface area contributed by atoms with Crippen molar-refractivity contribution in [2.45, 2.75) is 52.0 Å². The van der Waals surface area contributed by atoms with E-state index < -0.39 is 0 Å². The Morgan fingerprint density at radius 3 is 2.45 bits per heavy atom. The first kappa shape index (κ1) is 15.8. The number of hydrogen-bond donors (Lipinski definition) is 1. The van der Waals surface area contributed by atoms with Gasteiger partial charge in [0.25, 0.3) is 0 Å². The molecule has 116 valence electrons. The minimum atomic E-state index is 0.340. The fourth-order valence-electron chi connectivity index (χ4n) is 3.27. The van der Waals surface area contributed by atoms with Crippen LogP contribution in [0.15, 0.2) is 0 Å². The van der Waals surface area contributed by atoms with Gasteiger partial charge < -0.3 is 10.2 Å².